The zero-order valence-electron chi connectivity index (χ0n) is 10.0. The second-order valence-corrected chi connectivity index (χ2v) is 3.84. The molecule has 1 aromatic heterocycles. The van der Waals surface area contributed by atoms with Gasteiger partial charge in [-0.1, -0.05) is 6.07 Å². The fourth-order valence-electron chi connectivity index (χ4n) is 1.45. The van der Waals surface area contributed by atoms with Crippen LogP contribution in [0.2, 0.25) is 0 Å². The van der Waals surface area contributed by atoms with Gasteiger partial charge in [0, 0.05) is 0 Å². The molecule has 1 heterocycles. The van der Waals surface area contributed by atoms with Gasteiger partial charge in [0.05, 0.1) is 11.6 Å². The summed E-state index contributed by atoms with van der Waals surface area (Å²) in [7, 11) is 0. The second kappa shape index (κ2) is 5.17. The lowest BCUT2D eigenvalue weighted by Crippen LogP contribution is -2.03. The summed E-state index contributed by atoms with van der Waals surface area (Å²) in [5.41, 5.74) is 0.599. The topological polar surface area (TPSA) is 45.9 Å². The Bertz CT molecular complexity index is 699. The fraction of sp³-hybridized carbons (Fsp3) is 0.0769. The maximum Gasteiger partial charge on any atom is 0.255 e. The molecule has 0 saturated heterocycles. The van der Waals surface area contributed by atoms with Crippen LogP contribution in [0.1, 0.15) is 11.1 Å². The minimum Gasteiger partial charge on any atom is -0.450 e. The van der Waals surface area contributed by atoms with E-state index in [1.54, 1.807) is 13.0 Å². The average molecular weight is 282 g/mol. The number of rotatable bonds is 2. The van der Waals surface area contributed by atoms with E-state index in [1.807, 2.05) is 0 Å². The molecule has 0 aliphatic rings. The molecule has 7 heteroatoms. The molecule has 2 aromatic rings. The average Bonchev–Trinajstić information content (AvgIpc) is 2.43. The first-order valence-corrected chi connectivity index (χ1v) is 5.32. The van der Waals surface area contributed by atoms with Crippen molar-refractivity contribution in [2.45, 2.75) is 6.92 Å². The molecule has 0 unspecified atom stereocenters. The van der Waals surface area contributed by atoms with Crippen LogP contribution in [-0.2, 0) is 0 Å². The van der Waals surface area contributed by atoms with E-state index < -0.39 is 29.3 Å². The van der Waals surface area contributed by atoms with Crippen LogP contribution in [-0.4, -0.2) is 4.98 Å². The van der Waals surface area contributed by atoms with Gasteiger partial charge in [0.15, 0.2) is 0 Å². The first-order chi connectivity index (χ1) is 9.43. The van der Waals surface area contributed by atoms with E-state index in [4.69, 9.17) is 10.00 Å². The van der Waals surface area contributed by atoms with Gasteiger partial charge in [-0.05, 0) is 24.6 Å². The van der Waals surface area contributed by atoms with Crippen molar-refractivity contribution in [3.63, 3.8) is 0 Å². The van der Waals surface area contributed by atoms with Gasteiger partial charge in [0.25, 0.3) is 11.9 Å². The number of benzene rings is 1. The lowest BCUT2D eigenvalue weighted by molar-refractivity contribution is 0.342. The molecule has 2 rings (SSSR count). The van der Waals surface area contributed by atoms with Crippen LogP contribution in [0.4, 0.5) is 17.6 Å². The molecule has 102 valence electrons. The highest BCUT2D eigenvalue weighted by Crippen LogP contribution is 2.31. The number of aryl methyl sites for hydroxylation is 1. The van der Waals surface area contributed by atoms with Crippen LogP contribution >= 0.6 is 0 Å². The van der Waals surface area contributed by atoms with Gasteiger partial charge in [-0.15, -0.1) is 0 Å². The van der Waals surface area contributed by atoms with Crippen molar-refractivity contribution in [1.82, 2.24) is 4.98 Å². The lowest BCUT2D eigenvalue weighted by atomic mass is 10.1. The third kappa shape index (κ3) is 2.40. The van der Waals surface area contributed by atoms with Gasteiger partial charge >= 0.3 is 0 Å². The van der Waals surface area contributed by atoms with E-state index in [2.05, 4.69) is 4.98 Å². The van der Waals surface area contributed by atoms with Gasteiger partial charge in [-0.25, -0.2) is 0 Å². The summed E-state index contributed by atoms with van der Waals surface area (Å²) < 4.78 is 57.6. The van der Waals surface area contributed by atoms with E-state index in [0.717, 1.165) is 0 Å². The largest absolute Gasteiger partial charge is 0.450 e. The zero-order chi connectivity index (χ0) is 14.9. The summed E-state index contributed by atoms with van der Waals surface area (Å²) in [5, 5.41) is 8.73. The first-order valence-electron chi connectivity index (χ1n) is 5.32. The normalized spacial score (nSPS) is 10.2. The smallest absolute Gasteiger partial charge is 0.255 e. The quantitative estimate of drug-likeness (QED) is 0.624. The Kier molecular flexibility index (Phi) is 3.57. The molecule has 0 spiro atoms. The van der Waals surface area contributed by atoms with Gasteiger partial charge < -0.3 is 4.74 Å². The zero-order valence-corrected chi connectivity index (χ0v) is 10.0. The summed E-state index contributed by atoms with van der Waals surface area (Å²) >= 11 is 0. The Balaban J connectivity index is 2.53. The molecular formula is C13H6F4N2O. The van der Waals surface area contributed by atoms with Crippen LogP contribution in [0.15, 0.2) is 18.2 Å². The highest BCUT2D eigenvalue weighted by atomic mass is 19.2. The monoisotopic (exact) mass is 282 g/mol. The van der Waals surface area contributed by atoms with Gasteiger partial charge in [-0.3, -0.25) is 0 Å². The standard InChI is InChI=1S/C13H6F4N2O/c1-6-2-3-7(5-18)4-8(6)20-11-9(14)12(16)19-13(17)10(11)15/h2-4H,1H3. The third-order valence-corrected chi connectivity index (χ3v) is 2.49. The predicted octanol–water partition coefficient (Wildman–Crippen LogP) is 3.61. The Hall–Kier alpha value is -2.62. The van der Waals surface area contributed by atoms with E-state index >= 15 is 0 Å². The number of hydrogen-bond acceptors (Lipinski definition) is 3. The Morgan fingerprint density at radius 1 is 1.10 bits per heavy atom. The first kappa shape index (κ1) is 13.8. The molecule has 20 heavy (non-hydrogen) atoms. The molecule has 0 aliphatic carbocycles. The molecule has 0 radical (unpaired) electrons. The number of aromatic nitrogens is 1. The maximum atomic E-state index is 13.4. The maximum absolute atomic E-state index is 13.4. The fourth-order valence-corrected chi connectivity index (χ4v) is 1.45. The highest BCUT2D eigenvalue weighted by molar-refractivity contribution is 5.44. The Morgan fingerprint density at radius 2 is 1.70 bits per heavy atom. The molecule has 0 atom stereocenters. The summed E-state index contributed by atoms with van der Waals surface area (Å²) in [6.07, 6.45) is 0. The van der Waals surface area contributed by atoms with Crippen LogP contribution < -0.4 is 4.74 Å². The number of nitrogens with zero attached hydrogens (tertiary/aromatic N) is 2. The van der Waals surface area contributed by atoms with Crippen LogP contribution in [0.5, 0.6) is 11.5 Å². The summed E-state index contributed by atoms with van der Waals surface area (Å²) in [5.74, 6) is -8.45. The molecule has 0 N–H and O–H groups in total. The molecule has 0 fully saturated rings. The summed E-state index contributed by atoms with van der Waals surface area (Å²) in [6, 6.07) is 5.93. The van der Waals surface area contributed by atoms with Gasteiger partial charge in [-0.2, -0.15) is 27.8 Å². The summed E-state index contributed by atoms with van der Waals surface area (Å²) in [4.78, 5) is 2.42. The van der Waals surface area contributed by atoms with Gasteiger partial charge in [0.2, 0.25) is 17.4 Å². The van der Waals surface area contributed by atoms with Gasteiger partial charge in [0.1, 0.15) is 5.75 Å². The molecule has 3 nitrogen and oxygen atoms in total. The van der Waals surface area contributed by atoms with Crippen molar-refractivity contribution in [3.8, 4) is 17.6 Å². The number of ether oxygens (including phenoxy) is 1. The van der Waals surface area contributed by atoms with E-state index in [-0.39, 0.29) is 11.3 Å². The van der Waals surface area contributed by atoms with Crippen molar-refractivity contribution >= 4 is 0 Å². The molecular weight excluding hydrogens is 276 g/mol. The Labute approximate surface area is 111 Å². The highest BCUT2D eigenvalue weighted by Gasteiger charge is 2.23. The number of halogens is 4. The lowest BCUT2D eigenvalue weighted by Gasteiger charge is -2.10. The Morgan fingerprint density at radius 3 is 2.25 bits per heavy atom. The van der Waals surface area contributed by atoms with E-state index in [0.29, 0.717) is 5.56 Å². The van der Waals surface area contributed by atoms with Crippen molar-refractivity contribution < 1.29 is 22.3 Å². The van der Waals surface area contributed by atoms with E-state index in [1.165, 1.54) is 18.2 Å². The SMILES string of the molecule is Cc1ccc(C#N)cc1Oc1c(F)c(F)nc(F)c1F. The summed E-state index contributed by atoms with van der Waals surface area (Å²) in [6.45, 7) is 1.54. The van der Waals surface area contributed by atoms with Crippen molar-refractivity contribution in [2.24, 2.45) is 0 Å². The number of hydrogen-bond donors (Lipinski definition) is 0. The van der Waals surface area contributed by atoms with Crippen LogP contribution in [0, 0.1) is 41.8 Å². The molecule has 1 aromatic carbocycles. The van der Waals surface area contributed by atoms with E-state index in [9.17, 15) is 17.6 Å². The molecule has 0 bridgehead atoms. The van der Waals surface area contributed by atoms with Crippen LogP contribution in [0.3, 0.4) is 0 Å². The third-order valence-electron chi connectivity index (χ3n) is 2.49. The number of pyridine rings is 1. The molecule has 0 saturated carbocycles. The minimum atomic E-state index is -1.81. The molecule has 0 aliphatic heterocycles. The van der Waals surface area contributed by atoms with Crippen molar-refractivity contribution in [1.29, 1.82) is 5.26 Å². The van der Waals surface area contributed by atoms with Crippen molar-refractivity contribution in [3.05, 3.63) is 52.9 Å². The molecule has 0 amide bonds. The predicted molar refractivity (Wildman–Crippen MR) is 60.0 cm³/mol. The van der Waals surface area contributed by atoms with Crippen LogP contribution in [0.25, 0.3) is 0 Å². The minimum absolute atomic E-state index is 0.0909. The van der Waals surface area contributed by atoms with Crippen molar-refractivity contribution in [2.75, 3.05) is 0 Å². The number of nitriles is 1. The second-order valence-electron chi connectivity index (χ2n) is 3.84.